The number of halogens is 2. The monoisotopic (exact) mass is 604 g/mol. The molecule has 43 heavy (non-hydrogen) atoms. The third kappa shape index (κ3) is 4.50. The number of aromatic hydroxyl groups is 1. The standard InChI is InChI=1S/C31H30ClFN6O4/c1-6-22(41)37-9-10-38(17(5)13-37)30-18-11-19(32)23-24-20(35-12-21(40)25(24)33)14-43-29(23)28(18)39(31(42)36-30)27-16(4)7-8-34-26(27)15(2)3/h6-8,11-12,15,17,40H,1,9-10,13-14H2,2-5H3/t17-/m0/s1. The molecule has 1 N–H and O–H groups in total. The molecule has 1 amide bonds. The number of aromatic nitrogens is 4. The third-order valence-corrected chi connectivity index (χ3v) is 8.35. The molecular weight excluding hydrogens is 575 g/mol. The molecule has 6 rings (SSSR count). The van der Waals surface area contributed by atoms with Crippen LogP contribution in [0.15, 0.2) is 42.0 Å². The quantitative estimate of drug-likeness (QED) is 0.328. The molecule has 12 heteroatoms. The Labute approximate surface area is 252 Å². The van der Waals surface area contributed by atoms with Gasteiger partial charge in [-0.2, -0.15) is 4.98 Å². The van der Waals surface area contributed by atoms with Crippen molar-refractivity contribution in [3.63, 3.8) is 0 Å². The van der Waals surface area contributed by atoms with E-state index in [0.717, 1.165) is 11.8 Å². The van der Waals surface area contributed by atoms with Gasteiger partial charge in [0.25, 0.3) is 0 Å². The first-order valence-electron chi connectivity index (χ1n) is 14.0. The lowest BCUT2D eigenvalue weighted by molar-refractivity contribution is -0.126. The van der Waals surface area contributed by atoms with Crippen molar-refractivity contribution < 1.29 is 19.0 Å². The number of hydrogen-bond donors (Lipinski definition) is 1. The molecule has 2 aliphatic heterocycles. The molecule has 0 spiro atoms. The van der Waals surface area contributed by atoms with Gasteiger partial charge in [0.2, 0.25) is 5.91 Å². The number of ether oxygens (including phenoxy) is 1. The summed E-state index contributed by atoms with van der Waals surface area (Å²) in [5, 5.41) is 10.9. The van der Waals surface area contributed by atoms with Gasteiger partial charge in [0.05, 0.1) is 33.9 Å². The Morgan fingerprint density at radius 2 is 2.05 bits per heavy atom. The van der Waals surface area contributed by atoms with Crippen LogP contribution in [0.1, 0.15) is 43.6 Å². The zero-order valence-electron chi connectivity index (χ0n) is 24.2. The van der Waals surface area contributed by atoms with E-state index in [1.54, 1.807) is 17.2 Å². The number of fused-ring (bicyclic) bond motifs is 5. The number of aryl methyl sites for hydroxylation is 1. The van der Waals surface area contributed by atoms with Crippen molar-refractivity contribution in [1.82, 2.24) is 24.4 Å². The average Bonchev–Trinajstić information content (AvgIpc) is 2.98. The van der Waals surface area contributed by atoms with Crippen LogP contribution in [0.4, 0.5) is 10.2 Å². The highest BCUT2D eigenvalue weighted by atomic mass is 35.5. The lowest BCUT2D eigenvalue weighted by Crippen LogP contribution is -2.54. The number of benzene rings is 1. The van der Waals surface area contributed by atoms with E-state index in [9.17, 15) is 14.7 Å². The van der Waals surface area contributed by atoms with E-state index in [1.807, 2.05) is 38.7 Å². The van der Waals surface area contributed by atoms with E-state index >= 15 is 4.39 Å². The summed E-state index contributed by atoms with van der Waals surface area (Å²) in [7, 11) is 0. The number of carbonyl (C=O) groups is 1. The van der Waals surface area contributed by atoms with Crippen LogP contribution < -0.4 is 15.3 Å². The smallest absolute Gasteiger partial charge is 0.354 e. The first-order chi connectivity index (χ1) is 20.5. The number of piperazine rings is 1. The second kappa shape index (κ2) is 10.6. The number of nitrogens with zero attached hydrogens (tertiary/aromatic N) is 6. The Kier molecular flexibility index (Phi) is 7.08. The number of hydrogen-bond acceptors (Lipinski definition) is 8. The highest BCUT2D eigenvalue weighted by molar-refractivity contribution is 6.35. The molecule has 0 aliphatic carbocycles. The fourth-order valence-electron chi connectivity index (χ4n) is 6.01. The van der Waals surface area contributed by atoms with Crippen molar-refractivity contribution in [2.75, 3.05) is 24.5 Å². The number of carbonyl (C=O) groups excluding carboxylic acids is 1. The topological polar surface area (TPSA) is 114 Å². The molecule has 1 aromatic carbocycles. The number of rotatable bonds is 4. The van der Waals surface area contributed by atoms with Crippen molar-refractivity contribution in [2.45, 2.75) is 46.3 Å². The fraction of sp³-hybridized carbons (Fsp3) is 0.323. The van der Waals surface area contributed by atoms with Crippen LogP contribution in [-0.2, 0) is 11.4 Å². The summed E-state index contributed by atoms with van der Waals surface area (Å²) in [6.07, 6.45) is 4.01. The van der Waals surface area contributed by atoms with E-state index in [4.69, 9.17) is 16.3 Å². The Morgan fingerprint density at radius 3 is 2.74 bits per heavy atom. The number of anilines is 1. The highest BCUT2D eigenvalue weighted by Crippen LogP contribution is 2.50. The summed E-state index contributed by atoms with van der Waals surface area (Å²) >= 11 is 6.89. The van der Waals surface area contributed by atoms with E-state index in [-0.39, 0.29) is 52.1 Å². The molecular formula is C31H30ClFN6O4. The Morgan fingerprint density at radius 1 is 1.28 bits per heavy atom. The second-order valence-corrected chi connectivity index (χ2v) is 11.5. The van der Waals surface area contributed by atoms with Crippen molar-refractivity contribution in [3.8, 4) is 28.3 Å². The molecule has 2 aliphatic rings. The lowest BCUT2D eigenvalue weighted by atomic mass is 9.96. The van der Waals surface area contributed by atoms with Gasteiger partial charge < -0.3 is 19.6 Å². The van der Waals surface area contributed by atoms with Crippen molar-refractivity contribution in [1.29, 1.82) is 0 Å². The fourth-order valence-corrected chi connectivity index (χ4v) is 6.30. The maximum atomic E-state index is 15.5. The lowest BCUT2D eigenvalue weighted by Gasteiger charge is -2.40. The van der Waals surface area contributed by atoms with Crippen LogP contribution in [0.5, 0.6) is 11.5 Å². The zero-order valence-corrected chi connectivity index (χ0v) is 24.9. The van der Waals surface area contributed by atoms with E-state index < -0.39 is 17.3 Å². The molecule has 10 nitrogen and oxygen atoms in total. The predicted octanol–water partition coefficient (Wildman–Crippen LogP) is 4.89. The van der Waals surface area contributed by atoms with Crippen molar-refractivity contribution in [2.24, 2.45) is 0 Å². The SMILES string of the molecule is C=CC(=O)N1CCN(c2nc(=O)n(-c3c(C)ccnc3C(C)C)c3c4c(c(Cl)cc23)-c2c(ncc(O)c2F)CO4)[C@@H](C)C1. The van der Waals surface area contributed by atoms with Crippen molar-refractivity contribution in [3.05, 3.63) is 75.5 Å². The van der Waals surface area contributed by atoms with Gasteiger partial charge >= 0.3 is 5.69 Å². The van der Waals surface area contributed by atoms with Gasteiger partial charge in [-0.3, -0.25) is 19.3 Å². The predicted molar refractivity (Wildman–Crippen MR) is 162 cm³/mol. The highest BCUT2D eigenvalue weighted by Gasteiger charge is 2.34. The van der Waals surface area contributed by atoms with Gasteiger partial charge in [-0.1, -0.05) is 32.0 Å². The summed E-state index contributed by atoms with van der Waals surface area (Å²) in [6.45, 7) is 12.5. The summed E-state index contributed by atoms with van der Waals surface area (Å²) < 4.78 is 23.2. The largest absolute Gasteiger partial charge is 0.504 e. The minimum Gasteiger partial charge on any atom is -0.504 e. The molecule has 1 saturated heterocycles. The summed E-state index contributed by atoms with van der Waals surface area (Å²) in [6, 6.07) is 3.25. The Bertz CT molecular complexity index is 1890. The summed E-state index contributed by atoms with van der Waals surface area (Å²) in [5.74, 6) is -1.17. The summed E-state index contributed by atoms with van der Waals surface area (Å²) in [5.41, 5.74) is 2.24. The van der Waals surface area contributed by atoms with Crippen LogP contribution in [0, 0.1) is 12.7 Å². The summed E-state index contributed by atoms with van der Waals surface area (Å²) in [4.78, 5) is 43.5. The van der Waals surface area contributed by atoms with Gasteiger partial charge in [-0.05, 0) is 43.5 Å². The molecule has 0 bridgehead atoms. The van der Waals surface area contributed by atoms with Crippen LogP contribution in [0.2, 0.25) is 5.02 Å². The maximum Gasteiger partial charge on any atom is 0.354 e. The van der Waals surface area contributed by atoms with Gasteiger partial charge in [-0.15, -0.1) is 0 Å². The Hall–Kier alpha value is -4.51. The van der Waals surface area contributed by atoms with Crippen LogP contribution in [0.3, 0.4) is 0 Å². The van der Waals surface area contributed by atoms with Gasteiger partial charge in [0.1, 0.15) is 17.9 Å². The maximum absolute atomic E-state index is 15.5. The second-order valence-electron chi connectivity index (χ2n) is 11.1. The minimum atomic E-state index is -0.879. The minimum absolute atomic E-state index is 0.0161. The van der Waals surface area contributed by atoms with Crippen LogP contribution in [0.25, 0.3) is 27.7 Å². The molecule has 0 saturated carbocycles. The number of pyridine rings is 2. The van der Waals surface area contributed by atoms with Crippen molar-refractivity contribution >= 4 is 34.2 Å². The van der Waals surface area contributed by atoms with E-state index in [2.05, 4.69) is 21.5 Å². The van der Waals surface area contributed by atoms with Crippen LogP contribution >= 0.6 is 11.6 Å². The third-order valence-electron chi connectivity index (χ3n) is 8.05. The molecule has 222 valence electrons. The first kappa shape index (κ1) is 28.6. The van der Waals surface area contributed by atoms with Crippen LogP contribution in [-0.4, -0.2) is 61.1 Å². The normalized spacial score (nSPS) is 16.2. The molecule has 0 radical (unpaired) electrons. The molecule has 3 aromatic heterocycles. The number of amides is 1. The molecule has 0 unspecified atom stereocenters. The molecule has 4 aromatic rings. The van der Waals surface area contributed by atoms with E-state index in [0.29, 0.717) is 47.7 Å². The molecule has 1 atom stereocenters. The zero-order chi connectivity index (χ0) is 30.7. The average molecular weight is 605 g/mol. The molecule has 5 heterocycles. The first-order valence-corrected chi connectivity index (χ1v) is 14.3. The molecule has 1 fully saturated rings. The van der Waals surface area contributed by atoms with Gasteiger partial charge in [0.15, 0.2) is 17.3 Å². The van der Waals surface area contributed by atoms with Gasteiger partial charge in [0, 0.05) is 42.8 Å². The van der Waals surface area contributed by atoms with E-state index in [1.165, 1.54) is 10.6 Å². The Balaban J connectivity index is 1.71. The van der Waals surface area contributed by atoms with Gasteiger partial charge in [-0.25, -0.2) is 9.18 Å².